The fraction of sp³-hybridized carbons (Fsp3) is 0.316. The summed E-state index contributed by atoms with van der Waals surface area (Å²) in [5.41, 5.74) is 1.44. The van der Waals surface area contributed by atoms with Crippen molar-refractivity contribution in [3.63, 3.8) is 0 Å². The Morgan fingerprint density at radius 2 is 1.76 bits per heavy atom. The number of hydrogen-bond acceptors (Lipinski definition) is 7. The van der Waals surface area contributed by atoms with Crippen molar-refractivity contribution in [1.82, 2.24) is 30.6 Å². The molecule has 2 amide bonds. The molecule has 3 rings (SSSR count). The number of nitrogens with zero attached hydrogens (tertiary/aromatic N) is 4. The zero-order valence-corrected chi connectivity index (χ0v) is 20.4. The van der Waals surface area contributed by atoms with Crippen LogP contribution in [-0.2, 0) is 11.3 Å². The van der Waals surface area contributed by atoms with Crippen molar-refractivity contribution in [1.29, 1.82) is 0 Å². The summed E-state index contributed by atoms with van der Waals surface area (Å²) in [5.74, 6) is -0.705. The molecule has 33 heavy (non-hydrogen) atoms. The highest BCUT2D eigenvalue weighted by atomic mass is 35.5. The minimum Gasteiger partial charge on any atom is -0.482 e. The van der Waals surface area contributed by atoms with Crippen LogP contribution in [0.2, 0.25) is 20.1 Å². The minimum atomic E-state index is -0.576. The van der Waals surface area contributed by atoms with Crippen LogP contribution in [0.15, 0.2) is 16.7 Å². The van der Waals surface area contributed by atoms with Crippen LogP contribution < -0.4 is 15.4 Å². The van der Waals surface area contributed by atoms with E-state index in [0.29, 0.717) is 10.7 Å². The molecule has 0 bridgehead atoms. The molecule has 0 aliphatic rings. The molecular weight excluding hydrogens is 518 g/mol. The van der Waals surface area contributed by atoms with Crippen LogP contribution >= 0.6 is 46.4 Å². The largest absolute Gasteiger partial charge is 0.482 e. The summed E-state index contributed by atoms with van der Waals surface area (Å²) >= 11 is 23.9. The summed E-state index contributed by atoms with van der Waals surface area (Å²) in [6, 6.07) is 2.84. The van der Waals surface area contributed by atoms with Crippen LogP contribution in [0, 0.1) is 13.8 Å². The average Bonchev–Trinajstić information content (AvgIpc) is 3.33. The van der Waals surface area contributed by atoms with E-state index in [2.05, 4.69) is 25.9 Å². The first-order valence-electron chi connectivity index (χ1n) is 9.50. The van der Waals surface area contributed by atoms with Crippen molar-refractivity contribution in [2.75, 3.05) is 19.7 Å². The van der Waals surface area contributed by atoms with Gasteiger partial charge in [-0.1, -0.05) is 51.6 Å². The number of benzene rings is 1. The van der Waals surface area contributed by atoms with Crippen molar-refractivity contribution in [2.24, 2.45) is 0 Å². The van der Waals surface area contributed by atoms with E-state index in [-0.39, 0.29) is 58.8 Å². The highest BCUT2D eigenvalue weighted by molar-refractivity contribution is 6.43. The molecule has 3 aromatic rings. The van der Waals surface area contributed by atoms with Gasteiger partial charge in [0.25, 0.3) is 5.91 Å². The van der Waals surface area contributed by atoms with Gasteiger partial charge in [-0.25, -0.2) is 0 Å². The van der Waals surface area contributed by atoms with E-state index in [0.717, 1.165) is 5.69 Å². The Morgan fingerprint density at radius 3 is 2.45 bits per heavy atom. The van der Waals surface area contributed by atoms with Crippen LogP contribution in [0.4, 0.5) is 0 Å². The Hall–Kier alpha value is -2.53. The summed E-state index contributed by atoms with van der Waals surface area (Å²) < 4.78 is 11.9. The van der Waals surface area contributed by atoms with Crippen LogP contribution in [0.5, 0.6) is 5.75 Å². The van der Waals surface area contributed by atoms with E-state index in [4.69, 9.17) is 55.7 Å². The molecule has 0 spiro atoms. The zero-order valence-electron chi connectivity index (χ0n) is 17.4. The Balaban J connectivity index is 1.40. The molecule has 2 aromatic heterocycles. The number of aryl methyl sites for hydroxylation is 1. The number of amides is 2. The first-order valence-corrected chi connectivity index (χ1v) is 11.0. The van der Waals surface area contributed by atoms with Crippen LogP contribution in [-0.4, -0.2) is 51.4 Å². The molecule has 0 saturated heterocycles. The Kier molecular flexibility index (Phi) is 8.41. The van der Waals surface area contributed by atoms with Crippen LogP contribution in [0.1, 0.15) is 27.9 Å². The van der Waals surface area contributed by atoms with Crippen molar-refractivity contribution < 1.29 is 18.8 Å². The smallest absolute Gasteiger partial charge is 0.316 e. The Labute approximate surface area is 208 Å². The first-order chi connectivity index (χ1) is 15.7. The lowest BCUT2D eigenvalue weighted by Crippen LogP contribution is -2.36. The van der Waals surface area contributed by atoms with Gasteiger partial charge in [-0.3, -0.25) is 14.3 Å². The number of carbonyl (C=O) groups excluding carboxylic acids is 2. The van der Waals surface area contributed by atoms with Gasteiger partial charge in [-0.2, -0.15) is 10.1 Å². The Bertz CT molecular complexity index is 1180. The predicted molar refractivity (Wildman–Crippen MR) is 122 cm³/mol. The van der Waals surface area contributed by atoms with Gasteiger partial charge in [-0.05, 0) is 19.9 Å². The molecule has 0 unspecified atom stereocenters. The summed E-state index contributed by atoms with van der Waals surface area (Å²) in [6.07, 6.45) is 0. The fourth-order valence-corrected chi connectivity index (χ4v) is 3.36. The molecular formula is C19H18Cl4N6O4. The average molecular weight is 536 g/mol. The molecule has 2 N–H and O–H groups in total. The van der Waals surface area contributed by atoms with E-state index in [1.54, 1.807) is 11.6 Å². The van der Waals surface area contributed by atoms with Gasteiger partial charge in [0.1, 0.15) is 12.3 Å². The third-order valence-electron chi connectivity index (χ3n) is 4.31. The molecule has 1 aromatic carbocycles. The third-order valence-corrected chi connectivity index (χ3v) is 5.88. The first kappa shape index (κ1) is 25.1. The van der Waals surface area contributed by atoms with Gasteiger partial charge >= 0.3 is 11.8 Å². The molecule has 0 fully saturated rings. The highest BCUT2D eigenvalue weighted by Crippen LogP contribution is 2.33. The highest BCUT2D eigenvalue weighted by Gasteiger charge is 2.17. The SMILES string of the molecule is Cc1nn(Cc2noc(C(=O)NCCNC(=O)COc3cc(Cl)c(Cl)cc3Cl)n2)c(C)c1Cl. The quantitative estimate of drug-likeness (QED) is 0.317. The van der Waals surface area contributed by atoms with Gasteiger partial charge in [0.2, 0.25) is 0 Å². The molecule has 0 atom stereocenters. The number of rotatable bonds is 9. The monoisotopic (exact) mass is 534 g/mol. The molecule has 0 aliphatic heterocycles. The van der Waals surface area contributed by atoms with Gasteiger partial charge in [-0.15, -0.1) is 0 Å². The minimum absolute atomic E-state index is 0.128. The van der Waals surface area contributed by atoms with E-state index in [9.17, 15) is 9.59 Å². The molecule has 10 nitrogen and oxygen atoms in total. The maximum absolute atomic E-state index is 12.2. The summed E-state index contributed by atoms with van der Waals surface area (Å²) in [6.45, 7) is 3.78. The summed E-state index contributed by atoms with van der Waals surface area (Å²) in [4.78, 5) is 28.1. The topological polar surface area (TPSA) is 124 Å². The number of halogens is 4. The van der Waals surface area contributed by atoms with Crippen molar-refractivity contribution in [3.05, 3.63) is 55.3 Å². The van der Waals surface area contributed by atoms with Crippen LogP contribution in [0.25, 0.3) is 0 Å². The van der Waals surface area contributed by atoms with E-state index < -0.39 is 11.8 Å². The molecule has 0 aliphatic carbocycles. The lowest BCUT2D eigenvalue weighted by molar-refractivity contribution is -0.123. The van der Waals surface area contributed by atoms with Gasteiger partial charge in [0.15, 0.2) is 12.4 Å². The van der Waals surface area contributed by atoms with E-state index >= 15 is 0 Å². The fourth-order valence-electron chi connectivity index (χ4n) is 2.64. The second-order valence-electron chi connectivity index (χ2n) is 6.75. The zero-order chi connectivity index (χ0) is 24.1. The summed E-state index contributed by atoms with van der Waals surface area (Å²) in [7, 11) is 0. The normalized spacial score (nSPS) is 10.8. The number of aromatic nitrogens is 4. The number of ether oxygens (including phenoxy) is 1. The molecule has 176 valence electrons. The number of hydrogen-bond donors (Lipinski definition) is 2. The van der Waals surface area contributed by atoms with Gasteiger partial charge in [0.05, 0.1) is 31.5 Å². The number of nitrogens with one attached hydrogen (secondary N) is 2. The van der Waals surface area contributed by atoms with Crippen molar-refractivity contribution in [3.8, 4) is 5.75 Å². The molecule has 14 heteroatoms. The maximum Gasteiger partial charge on any atom is 0.316 e. The third kappa shape index (κ3) is 6.50. The lowest BCUT2D eigenvalue weighted by atomic mass is 10.3. The van der Waals surface area contributed by atoms with Crippen molar-refractivity contribution in [2.45, 2.75) is 20.4 Å². The van der Waals surface area contributed by atoms with Crippen LogP contribution in [0.3, 0.4) is 0 Å². The Morgan fingerprint density at radius 1 is 1.06 bits per heavy atom. The molecule has 0 saturated carbocycles. The standard InChI is InChI=1S/C19H18Cl4N6O4/c1-9-17(23)10(2)29(27-9)7-15-26-19(33-28-15)18(31)25-4-3-24-16(30)8-32-14-6-12(21)11(20)5-13(14)22/h5-6H,3-4,7-8H2,1-2H3,(H,24,30)(H,25,31). The summed E-state index contributed by atoms with van der Waals surface area (Å²) in [5, 5.41) is 14.5. The van der Waals surface area contributed by atoms with Gasteiger partial charge in [0, 0.05) is 19.2 Å². The van der Waals surface area contributed by atoms with E-state index in [1.165, 1.54) is 12.1 Å². The van der Waals surface area contributed by atoms with Crippen molar-refractivity contribution >= 4 is 58.2 Å². The lowest BCUT2D eigenvalue weighted by Gasteiger charge is -2.10. The van der Waals surface area contributed by atoms with Gasteiger partial charge < -0.3 is 19.9 Å². The predicted octanol–water partition coefficient (Wildman–Crippen LogP) is 3.47. The number of carbonyl (C=O) groups is 2. The molecule has 0 radical (unpaired) electrons. The molecule has 2 heterocycles. The maximum atomic E-state index is 12.2. The second-order valence-corrected chi connectivity index (χ2v) is 8.35. The van der Waals surface area contributed by atoms with E-state index in [1.807, 2.05) is 6.92 Å². The second kappa shape index (κ2) is 11.1.